The van der Waals surface area contributed by atoms with Gasteiger partial charge in [0.25, 0.3) is 5.91 Å². The second kappa shape index (κ2) is 36.9. The molecule has 23 nitrogen and oxygen atoms in total. The first-order chi connectivity index (χ1) is 33.8. The van der Waals surface area contributed by atoms with E-state index in [0.717, 1.165) is 24.4 Å². The summed E-state index contributed by atoms with van der Waals surface area (Å²) in [5.41, 5.74) is 7.57. The van der Waals surface area contributed by atoms with Gasteiger partial charge in [-0.05, 0) is 101 Å². The minimum atomic E-state index is -3.75. The fraction of sp³-hybridized carbons (Fsp3) is 0.660. The number of carbonyl (C=O) groups excluding carboxylic acids is 7. The van der Waals surface area contributed by atoms with Gasteiger partial charge in [0.15, 0.2) is 9.84 Å². The van der Waals surface area contributed by atoms with Crippen molar-refractivity contribution in [1.29, 1.82) is 0 Å². The molecule has 1 heterocycles. The third-order valence-electron chi connectivity index (χ3n) is 10.6. The zero-order valence-corrected chi connectivity index (χ0v) is 42.1. The lowest BCUT2D eigenvalue weighted by atomic mass is 9.95. The summed E-state index contributed by atoms with van der Waals surface area (Å²) in [6, 6.07) is 5.34. The average molecular weight is 1020 g/mol. The van der Waals surface area contributed by atoms with E-state index in [0.29, 0.717) is 83.6 Å². The third-order valence-corrected chi connectivity index (χ3v) is 12.2. The summed E-state index contributed by atoms with van der Waals surface area (Å²) >= 11 is 0. The van der Waals surface area contributed by atoms with E-state index < -0.39 is 81.1 Å². The number of rotatable bonds is 40. The predicted octanol–water partition coefficient (Wildman–Crippen LogP) is 3.33. The van der Waals surface area contributed by atoms with Crippen molar-refractivity contribution in [3.8, 4) is 0 Å². The first-order valence-corrected chi connectivity index (χ1v) is 25.9. The first kappa shape index (κ1) is 63.0. The molecule has 0 aromatic heterocycles. The molecule has 4 amide bonds. The van der Waals surface area contributed by atoms with Crippen molar-refractivity contribution in [2.24, 2.45) is 27.1 Å². The van der Waals surface area contributed by atoms with Gasteiger partial charge in [-0.25, -0.2) is 13.2 Å². The largest absolute Gasteiger partial charge is 0.481 e. The van der Waals surface area contributed by atoms with Crippen molar-refractivity contribution in [3.63, 3.8) is 0 Å². The summed E-state index contributed by atoms with van der Waals surface area (Å²) in [4.78, 5) is 106. The van der Waals surface area contributed by atoms with Gasteiger partial charge in [-0.1, -0.05) is 6.92 Å². The van der Waals surface area contributed by atoms with Crippen LogP contribution in [0.3, 0.4) is 0 Å². The van der Waals surface area contributed by atoms with E-state index in [1.54, 1.807) is 12.1 Å². The SMILES string of the molecule is CCCNc1ccc(C(=O)NCCCC[C@H](NC(C)=O)C(N)=O)cc1.CCOCCOCCCC(=O)CC[C@H](NC(=O)CC[C@H](CC(=O)CCCS(=O)(=O)CC(=O)CCCC1=NN=NC1)C(=O)O)C(=O)O. The van der Waals surface area contributed by atoms with Crippen LogP contribution in [0.1, 0.15) is 134 Å². The number of hydrogen-bond acceptors (Lipinski definition) is 17. The van der Waals surface area contributed by atoms with Crippen molar-refractivity contribution in [3.05, 3.63) is 29.8 Å². The van der Waals surface area contributed by atoms with E-state index in [9.17, 15) is 61.8 Å². The molecule has 24 heteroatoms. The number of Topliss-reactive ketones (excluding diaryl/α,β-unsaturated/α-hetero) is 3. The normalized spacial score (nSPS) is 13.1. The van der Waals surface area contributed by atoms with Crippen LogP contribution in [0.2, 0.25) is 0 Å². The number of sulfone groups is 1. The Labute approximate surface area is 415 Å². The van der Waals surface area contributed by atoms with E-state index >= 15 is 0 Å². The van der Waals surface area contributed by atoms with Crippen LogP contribution in [0.4, 0.5) is 5.69 Å². The van der Waals surface area contributed by atoms with Gasteiger partial charge in [0.1, 0.15) is 41.7 Å². The van der Waals surface area contributed by atoms with Crippen molar-refractivity contribution in [1.82, 2.24) is 16.0 Å². The van der Waals surface area contributed by atoms with Crippen LogP contribution in [-0.4, -0.2) is 147 Å². The maximum Gasteiger partial charge on any atom is 0.326 e. The number of carbonyl (C=O) groups is 9. The van der Waals surface area contributed by atoms with Gasteiger partial charge in [-0.15, -0.1) is 5.10 Å². The van der Waals surface area contributed by atoms with Crippen LogP contribution in [-0.2, 0) is 57.7 Å². The second-order valence-electron chi connectivity index (χ2n) is 16.8. The topological polar surface area (TPSA) is 358 Å². The summed E-state index contributed by atoms with van der Waals surface area (Å²) < 4.78 is 35.0. The van der Waals surface area contributed by atoms with E-state index in [2.05, 4.69) is 43.6 Å². The molecule has 0 fully saturated rings. The number of carboxylic acid groups (broad SMARTS) is 2. The summed E-state index contributed by atoms with van der Waals surface area (Å²) in [6.45, 7) is 8.89. The molecule has 1 aromatic rings. The highest BCUT2D eigenvalue weighted by Gasteiger charge is 2.26. The van der Waals surface area contributed by atoms with Crippen molar-refractivity contribution in [2.45, 2.75) is 136 Å². The molecule has 0 radical (unpaired) electrons. The molecule has 1 aromatic carbocycles. The number of anilines is 1. The molecular weight excluding hydrogens is 949 g/mol. The van der Waals surface area contributed by atoms with Gasteiger partial charge in [0, 0.05) is 83.0 Å². The maximum atomic E-state index is 12.4. The zero-order valence-electron chi connectivity index (χ0n) is 41.2. The van der Waals surface area contributed by atoms with Crippen LogP contribution in [0.5, 0.6) is 0 Å². The fourth-order valence-corrected chi connectivity index (χ4v) is 8.10. The van der Waals surface area contributed by atoms with E-state index in [1.807, 2.05) is 19.1 Å². The Hall–Kier alpha value is -6.01. The number of nitrogens with zero attached hydrogens (tertiary/aromatic N) is 3. The maximum absolute atomic E-state index is 12.4. The monoisotopic (exact) mass is 1020 g/mol. The van der Waals surface area contributed by atoms with Crippen molar-refractivity contribution in [2.75, 3.05) is 62.9 Å². The second-order valence-corrected chi connectivity index (χ2v) is 19.0. The number of aliphatic carboxylic acids is 2. The number of benzene rings is 1. The third kappa shape index (κ3) is 31.8. The molecule has 0 bridgehead atoms. The molecule has 2 rings (SSSR count). The standard InChI is InChI=1S/C29H46N4O12S.C18H28N4O3/c1-2-44-15-16-45-14-4-8-23(34)11-12-26(29(40)41)31-27(37)13-10-21(28(38)39)18-24(35)9-5-17-46(42,43)20-25(36)7-3-6-22-19-30-33-32-22;1-3-11-20-15-9-7-14(8-10-15)18(25)21-12-5-4-6-16(17(19)24)22-13(2)23/h21,26H,2-20H2,1H3,(H,31,37)(H,38,39)(H,40,41);7-10,16,20H,3-6,11-12H2,1-2H3,(H2,19,24)(H,21,25)(H,22,23)/t21-,26+;16-/m10/s1. The summed E-state index contributed by atoms with van der Waals surface area (Å²) in [7, 11) is -3.75. The Balaban J connectivity index is 0.000000846. The van der Waals surface area contributed by atoms with E-state index in [-0.39, 0.29) is 69.0 Å². The van der Waals surface area contributed by atoms with Gasteiger partial charge >= 0.3 is 11.9 Å². The van der Waals surface area contributed by atoms with Crippen molar-refractivity contribution >= 4 is 74.2 Å². The highest BCUT2D eigenvalue weighted by atomic mass is 32.2. The highest BCUT2D eigenvalue weighted by Crippen LogP contribution is 2.16. The first-order valence-electron chi connectivity index (χ1n) is 24.0. The predicted molar refractivity (Wildman–Crippen MR) is 262 cm³/mol. The number of carboxylic acids is 2. The van der Waals surface area contributed by atoms with Gasteiger partial charge in [0.2, 0.25) is 17.7 Å². The number of ether oxygens (including phenoxy) is 2. The number of primary amides is 1. The van der Waals surface area contributed by atoms with Crippen molar-refractivity contribution < 1.29 is 71.3 Å². The smallest absolute Gasteiger partial charge is 0.326 e. The Kier molecular flexibility index (Phi) is 32.7. The number of nitrogens with one attached hydrogen (secondary N) is 4. The minimum Gasteiger partial charge on any atom is -0.481 e. The van der Waals surface area contributed by atoms with Crippen LogP contribution in [0.15, 0.2) is 39.7 Å². The Morgan fingerprint density at radius 1 is 0.732 bits per heavy atom. The molecule has 0 spiro atoms. The molecule has 398 valence electrons. The summed E-state index contributed by atoms with van der Waals surface area (Å²) in [6.07, 6.45) is 2.96. The molecule has 71 heavy (non-hydrogen) atoms. The molecular formula is C47H74N8O15S. The molecule has 0 saturated carbocycles. The molecule has 0 unspecified atom stereocenters. The molecule has 1 aliphatic heterocycles. The van der Waals surface area contributed by atoms with Gasteiger partial charge in [0.05, 0.1) is 30.6 Å². The number of unbranched alkanes of at least 4 members (excludes halogenated alkanes) is 1. The molecule has 3 atom stereocenters. The average Bonchev–Trinajstić information content (AvgIpc) is 3.83. The van der Waals surface area contributed by atoms with Gasteiger partial charge in [-0.3, -0.25) is 38.4 Å². The number of amides is 4. The van der Waals surface area contributed by atoms with Crippen LogP contribution < -0.4 is 27.0 Å². The molecule has 1 aliphatic rings. The quantitative estimate of drug-likeness (QED) is 0.0464. The summed E-state index contributed by atoms with van der Waals surface area (Å²) in [5, 5.41) is 40.8. The molecule has 0 saturated heterocycles. The minimum absolute atomic E-state index is 0.0578. The van der Waals surface area contributed by atoms with Crippen LogP contribution >= 0.6 is 0 Å². The molecule has 0 aliphatic carbocycles. The highest BCUT2D eigenvalue weighted by molar-refractivity contribution is 7.92. The zero-order chi connectivity index (χ0) is 53.0. The fourth-order valence-electron chi connectivity index (χ4n) is 6.74. The number of hydrogen-bond donors (Lipinski definition) is 7. The van der Waals surface area contributed by atoms with E-state index in [1.165, 1.54) is 6.92 Å². The van der Waals surface area contributed by atoms with Gasteiger partial charge < -0.3 is 46.7 Å². The van der Waals surface area contributed by atoms with Crippen LogP contribution in [0, 0.1) is 5.92 Å². The number of nitrogens with two attached hydrogens (primary N) is 1. The number of ketones is 3. The Morgan fingerprint density at radius 3 is 2.04 bits per heavy atom. The van der Waals surface area contributed by atoms with E-state index in [4.69, 9.17) is 15.2 Å². The lowest BCUT2D eigenvalue weighted by Crippen LogP contribution is -2.43. The lowest BCUT2D eigenvalue weighted by Gasteiger charge is -2.16. The lowest BCUT2D eigenvalue weighted by molar-refractivity contribution is -0.145. The van der Waals surface area contributed by atoms with Gasteiger partial charge in [-0.2, -0.15) is 5.11 Å². The van der Waals surface area contributed by atoms with Crippen LogP contribution in [0.25, 0.3) is 0 Å². The molecule has 8 N–H and O–H groups in total. The Morgan fingerprint density at radius 2 is 1.42 bits per heavy atom. The Bertz CT molecular complexity index is 2050. The summed E-state index contributed by atoms with van der Waals surface area (Å²) in [5.74, 6) is -7.79.